The second-order valence-electron chi connectivity index (χ2n) is 6.19. The molecule has 0 aliphatic heterocycles. The molecule has 0 spiro atoms. The number of amides is 1. The highest BCUT2D eigenvalue weighted by Gasteiger charge is 2.31. The van der Waals surface area contributed by atoms with Gasteiger partial charge in [0.15, 0.2) is 4.34 Å². The molecule has 15 heteroatoms. The number of rotatable bonds is 9. The summed E-state index contributed by atoms with van der Waals surface area (Å²) in [6.45, 7) is 2.93. The predicted molar refractivity (Wildman–Crippen MR) is 116 cm³/mol. The number of anilines is 2. The van der Waals surface area contributed by atoms with Crippen LogP contribution < -0.4 is 9.62 Å². The van der Waals surface area contributed by atoms with Gasteiger partial charge in [0.25, 0.3) is 5.69 Å². The molecular formula is C16H19N5O7S3. The molecule has 1 unspecified atom stereocenters. The summed E-state index contributed by atoms with van der Waals surface area (Å²) in [7, 11) is -2.72. The third kappa shape index (κ3) is 6.35. The number of hydrogen-bond acceptors (Lipinski definition) is 11. The first-order valence-electron chi connectivity index (χ1n) is 8.52. The number of esters is 1. The van der Waals surface area contributed by atoms with E-state index in [1.807, 2.05) is 0 Å². The number of carbonyl (C=O) groups is 2. The van der Waals surface area contributed by atoms with Gasteiger partial charge in [0.05, 0.1) is 29.7 Å². The average molecular weight is 490 g/mol. The van der Waals surface area contributed by atoms with Crippen LogP contribution in [0.3, 0.4) is 0 Å². The van der Waals surface area contributed by atoms with Crippen molar-refractivity contribution < 1.29 is 27.7 Å². The van der Waals surface area contributed by atoms with Crippen LogP contribution in [0.25, 0.3) is 0 Å². The van der Waals surface area contributed by atoms with Crippen molar-refractivity contribution in [1.29, 1.82) is 0 Å². The second-order valence-corrected chi connectivity index (χ2v) is 10.2. The zero-order valence-corrected chi connectivity index (χ0v) is 19.3. The maximum Gasteiger partial charge on any atom is 0.316 e. The Balaban J connectivity index is 2.25. The largest absolute Gasteiger partial charge is 0.468 e. The lowest BCUT2D eigenvalue weighted by molar-refractivity contribution is -0.384. The van der Waals surface area contributed by atoms with Gasteiger partial charge in [0, 0.05) is 12.1 Å². The van der Waals surface area contributed by atoms with Crippen LogP contribution in [0.4, 0.5) is 16.5 Å². The molecule has 12 nitrogen and oxygen atoms in total. The fourth-order valence-electron chi connectivity index (χ4n) is 2.44. The fraction of sp³-hybridized carbons (Fsp3) is 0.375. The number of ether oxygens (including phenoxy) is 1. The summed E-state index contributed by atoms with van der Waals surface area (Å²) in [5.74, 6) is -1.14. The van der Waals surface area contributed by atoms with Crippen molar-refractivity contribution in [3.63, 3.8) is 0 Å². The van der Waals surface area contributed by atoms with E-state index in [0.717, 1.165) is 39.7 Å². The van der Waals surface area contributed by atoms with Crippen LogP contribution in [0, 0.1) is 17.0 Å². The number of methoxy groups -OCH3 is 1. The van der Waals surface area contributed by atoms with Gasteiger partial charge < -0.3 is 4.74 Å². The smallest absolute Gasteiger partial charge is 0.316 e. The van der Waals surface area contributed by atoms with Crippen LogP contribution in [0.2, 0.25) is 0 Å². The fourth-order valence-corrected chi connectivity index (χ4v) is 5.25. The minimum atomic E-state index is -3.97. The summed E-state index contributed by atoms with van der Waals surface area (Å²) >= 11 is 2.07. The molecule has 0 radical (unpaired) electrons. The molecule has 0 fully saturated rings. The normalized spacial score (nSPS) is 12.1. The zero-order chi connectivity index (χ0) is 23.3. The number of nitrogens with zero attached hydrogens (tertiary/aromatic N) is 4. The molecule has 2 aromatic rings. The Morgan fingerprint density at radius 2 is 2.06 bits per heavy atom. The molecule has 0 bridgehead atoms. The quantitative estimate of drug-likeness (QED) is 0.181. The van der Waals surface area contributed by atoms with Crippen molar-refractivity contribution in [2.75, 3.05) is 28.7 Å². The lowest BCUT2D eigenvalue weighted by atomic mass is 10.1. The summed E-state index contributed by atoms with van der Waals surface area (Å²) in [5.41, 5.74) is 0.150. The van der Waals surface area contributed by atoms with Gasteiger partial charge in [-0.15, -0.1) is 10.2 Å². The van der Waals surface area contributed by atoms with E-state index >= 15 is 0 Å². The lowest BCUT2D eigenvalue weighted by Gasteiger charge is -2.29. The maximum atomic E-state index is 12.7. The van der Waals surface area contributed by atoms with Crippen LogP contribution >= 0.6 is 23.1 Å². The van der Waals surface area contributed by atoms with Crippen LogP contribution in [0.5, 0.6) is 0 Å². The molecule has 1 heterocycles. The van der Waals surface area contributed by atoms with E-state index in [0.29, 0.717) is 9.90 Å². The van der Waals surface area contributed by atoms with Gasteiger partial charge in [-0.1, -0.05) is 29.2 Å². The third-order valence-electron chi connectivity index (χ3n) is 3.91. The van der Waals surface area contributed by atoms with E-state index in [9.17, 15) is 28.1 Å². The Morgan fingerprint density at radius 1 is 1.39 bits per heavy atom. The van der Waals surface area contributed by atoms with Gasteiger partial charge in [0.2, 0.25) is 21.1 Å². The van der Waals surface area contributed by atoms with Crippen molar-refractivity contribution in [3.05, 3.63) is 33.9 Å². The van der Waals surface area contributed by atoms with E-state index in [-0.39, 0.29) is 22.3 Å². The number of nitro groups is 1. The third-order valence-corrected chi connectivity index (χ3v) is 7.08. The predicted octanol–water partition coefficient (Wildman–Crippen LogP) is 1.81. The van der Waals surface area contributed by atoms with E-state index in [2.05, 4.69) is 20.3 Å². The number of carbonyl (C=O) groups excluding carboxylic acids is 2. The van der Waals surface area contributed by atoms with Crippen LogP contribution in [0.1, 0.15) is 12.5 Å². The highest BCUT2D eigenvalue weighted by atomic mass is 32.2. The van der Waals surface area contributed by atoms with Gasteiger partial charge >= 0.3 is 5.97 Å². The minimum absolute atomic E-state index is 0.0173. The molecule has 168 valence electrons. The van der Waals surface area contributed by atoms with Gasteiger partial charge in [-0.2, -0.15) is 0 Å². The van der Waals surface area contributed by atoms with Crippen LogP contribution in [0.15, 0.2) is 22.5 Å². The standard InChI is InChI=1S/C16H19N5O7S3/c1-9-5-6-11(21(24)25)7-12(9)20(31(4,26)27)10(2)14(23)17-15-18-19-16(30-15)29-8-13(22)28-3/h5-7,10H,8H2,1-4H3,(H,17,18,23). The molecule has 1 atom stereocenters. The van der Waals surface area contributed by atoms with E-state index in [4.69, 9.17) is 0 Å². The molecule has 0 aliphatic carbocycles. The number of nitrogens with one attached hydrogen (secondary N) is 1. The van der Waals surface area contributed by atoms with Gasteiger partial charge in [0.1, 0.15) is 6.04 Å². The Morgan fingerprint density at radius 3 is 2.65 bits per heavy atom. The molecule has 1 amide bonds. The number of benzene rings is 1. The van der Waals surface area contributed by atoms with Crippen LogP contribution in [-0.2, 0) is 24.3 Å². The minimum Gasteiger partial charge on any atom is -0.468 e. The second kappa shape index (κ2) is 10.0. The molecule has 1 aromatic heterocycles. The van der Waals surface area contributed by atoms with Crippen molar-refractivity contribution in [2.24, 2.45) is 0 Å². The number of sulfonamides is 1. The number of non-ortho nitro benzene ring substituents is 1. The molecule has 0 saturated heterocycles. The number of thioether (sulfide) groups is 1. The number of hydrogen-bond donors (Lipinski definition) is 1. The molecule has 0 aliphatic rings. The molecule has 2 rings (SSSR count). The number of aryl methyl sites for hydroxylation is 1. The number of nitro benzene ring substituents is 1. The monoisotopic (exact) mass is 489 g/mol. The first-order chi connectivity index (χ1) is 14.4. The molecule has 1 N–H and O–H groups in total. The summed E-state index contributed by atoms with van der Waals surface area (Å²) in [5, 5.41) is 21.3. The van der Waals surface area contributed by atoms with Crippen molar-refractivity contribution in [2.45, 2.75) is 24.2 Å². The van der Waals surface area contributed by atoms with Crippen molar-refractivity contribution in [3.8, 4) is 0 Å². The Kier molecular flexibility index (Phi) is 7.91. The average Bonchev–Trinajstić information content (AvgIpc) is 3.13. The molecule has 0 saturated carbocycles. The molecular weight excluding hydrogens is 470 g/mol. The maximum absolute atomic E-state index is 12.7. The summed E-state index contributed by atoms with van der Waals surface area (Å²) in [6.07, 6.45) is 0.904. The van der Waals surface area contributed by atoms with E-state index in [1.54, 1.807) is 6.92 Å². The zero-order valence-electron chi connectivity index (χ0n) is 16.9. The molecule has 31 heavy (non-hydrogen) atoms. The van der Waals surface area contributed by atoms with Crippen molar-refractivity contribution >= 4 is 61.5 Å². The van der Waals surface area contributed by atoms with Gasteiger partial charge in [-0.05, 0) is 19.4 Å². The Bertz CT molecular complexity index is 1100. The first-order valence-corrected chi connectivity index (χ1v) is 12.2. The topological polar surface area (TPSA) is 162 Å². The van der Waals surface area contributed by atoms with Crippen LogP contribution in [-0.4, -0.2) is 60.6 Å². The van der Waals surface area contributed by atoms with E-state index < -0.39 is 32.9 Å². The van der Waals surface area contributed by atoms with Crippen molar-refractivity contribution in [1.82, 2.24) is 10.2 Å². The Labute approximate surface area is 186 Å². The SMILES string of the molecule is COC(=O)CSc1nnc(NC(=O)C(C)N(c2cc([N+](=O)[O-])ccc2C)S(C)(=O)=O)s1. The van der Waals surface area contributed by atoms with Gasteiger partial charge in [-0.3, -0.25) is 29.3 Å². The molecule has 1 aromatic carbocycles. The highest BCUT2D eigenvalue weighted by Crippen LogP contribution is 2.30. The van der Waals surface area contributed by atoms with Gasteiger partial charge in [-0.25, -0.2) is 8.42 Å². The summed E-state index contributed by atoms with van der Waals surface area (Å²) in [6, 6.07) is 2.52. The Hall–Kier alpha value is -2.78. The summed E-state index contributed by atoms with van der Waals surface area (Å²) in [4.78, 5) is 34.4. The first kappa shape index (κ1) is 24.5. The summed E-state index contributed by atoms with van der Waals surface area (Å²) < 4.78 is 30.7. The highest BCUT2D eigenvalue weighted by molar-refractivity contribution is 8.01. The number of aromatic nitrogens is 2. The van der Waals surface area contributed by atoms with E-state index in [1.165, 1.54) is 26.2 Å². The lowest BCUT2D eigenvalue weighted by Crippen LogP contribution is -2.45.